The van der Waals surface area contributed by atoms with Gasteiger partial charge in [0.05, 0.1) is 0 Å². The van der Waals surface area contributed by atoms with E-state index in [1.807, 2.05) is 0 Å². The fourth-order valence-corrected chi connectivity index (χ4v) is 1.50. The molecule has 1 saturated carbocycles. The van der Waals surface area contributed by atoms with Crippen molar-refractivity contribution in [3.63, 3.8) is 0 Å². The summed E-state index contributed by atoms with van der Waals surface area (Å²) in [6, 6.07) is 0.689. The summed E-state index contributed by atoms with van der Waals surface area (Å²) in [6.45, 7) is 8.22. The van der Waals surface area contributed by atoms with E-state index in [-0.39, 0.29) is 0 Å². The van der Waals surface area contributed by atoms with Crippen LogP contribution in [0.15, 0.2) is 0 Å². The molecule has 0 saturated heterocycles. The van der Waals surface area contributed by atoms with Crippen molar-refractivity contribution in [2.24, 2.45) is 5.92 Å². The van der Waals surface area contributed by atoms with Crippen LogP contribution in [0.4, 0.5) is 0 Å². The van der Waals surface area contributed by atoms with E-state index in [4.69, 9.17) is 0 Å². The zero-order valence-corrected chi connectivity index (χ0v) is 10.1. The van der Waals surface area contributed by atoms with Crippen molar-refractivity contribution >= 4 is 0 Å². The molecule has 1 aliphatic carbocycles. The van der Waals surface area contributed by atoms with Gasteiger partial charge in [0.15, 0.2) is 0 Å². The molecule has 0 atom stereocenters. The zero-order chi connectivity index (χ0) is 10.4. The molecule has 0 aromatic carbocycles. The second-order valence-electron chi connectivity index (χ2n) is 4.93. The Balaban J connectivity index is 1.78. The van der Waals surface area contributed by atoms with Crippen molar-refractivity contribution in [2.45, 2.75) is 45.6 Å². The minimum absolute atomic E-state index is 0.689. The molecule has 0 bridgehead atoms. The van der Waals surface area contributed by atoms with Crippen LogP contribution in [-0.4, -0.2) is 37.6 Å². The molecule has 0 aromatic rings. The minimum atomic E-state index is 0.689. The van der Waals surface area contributed by atoms with E-state index in [9.17, 15) is 0 Å². The largest absolute Gasteiger partial charge is 0.316 e. The SMILES string of the molecule is CC(C)N(C)CCCCNCC1CC1. The Bertz CT molecular complexity index is 141. The van der Waals surface area contributed by atoms with Crippen LogP contribution in [-0.2, 0) is 0 Å². The topological polar surface area (TPSA) is 15.3 Å². The third kappa shape index (κ3) is 5.61. The quantitative estimate of drug-likeness (QED) is 0.601. The standard InChI is InChI=1S/C12H26N2/c1-11(2)14(3)9-5-4-8-13-10-12-6-7-12/h11-13H,4-10H2,1-3H3. The molecule has 84 valence electrons. The smallest absolute Gasteiger partial charge is 0.00355 e. The van der Waals surface area contributed by atoms with Gasteiger partial charge < -0.3 is 10.2 Å². The maximum absolute atomic E-state index is 3.53. The molecular formula is C12H26N2. The number of hydrogen-bond acceptors (Lipinski definition) is 2. The van der Waals surface area contributed by atoms with Crippen LogP contribution in [0.2, 0.25) is 0 Å². The van der Waals surface area contributed by atoms with E-state index in [0.29, 0.717) is 6.04 Å². The van der Waals surface area contributed by atoms with Gasteiger partial charge in [0.25, 0.3) is 0 Å². The summed E-state index contributed by atoms with van der Waals surface area (Å²) in [6.07, 6.45) is 5.57. The highest BCUT2D eigenvalue weighted by Gasteiger charge is 2.19. The number of nitrogens with one attached hydrogen (secondary N) is 1. The molecule has 0 amide bonds. The molecule has 0 aliphatic heterocycles. The molecule has 14 heavy (non-hydrogen) atoms. The van der Waals surface area contributed by atoms with Crippen molar-refractivity contribution in [1.82, 2.24) is 10.2 Å². The lowest BCUT2D eigenvalue weighted by Gasteiger charge is -2.20. The van der Waals surface area contributed by atoms with Gasteiger partial charge in [-0.1, -0.05) is 0 Å². The molecule has 1 N–H and O–H groups in total. The summed E-state index contributed by atoms with van der Waals surface area (Å²) in [7, 11) is 2.21. The number of unbranched alkanes of at least 4 members (excludes halogenated alkanes) is 1. The van der Waals surface area contributed by atoms with Crippen molar-refractivity contribution in [3.05, 3.63) is 0 Å². The molecule has 1 fully saturated rings. The average Bonchev–Trinajstić information content (AvgIpc) is 2.94. The first-order chi connectivity index (χ1) is 6.70. The normalized spacial score (nSPS) is 16.9. The van der Waals surface area contributed by atoms with Crippen molar-refractivity contribution < 1.29 is 0 Å². The van der Waals surface area contributed by atoms with Gasteiger partial charge in [0, 0.05) is 6.04 Å². The molecule has 0 aromatic heterocycles. The Labute approximate surface area is 89.1 Å². The van der Waals surface area contributed by atoms with E-state index in [1.54, 1.807) is 0 Å². The lowest BCUT2D eigenvalue weighted by atomic mass is 10.2. The predicted molar refractivity (Wildman–Crippen MR) is 62.6 cm³/mol. The highest BCUT2D eigenvalue weighted by molar-refractivity contribution is 4.75. The predicted octanol–water partition coefficient (Wildman–Crippen LogP) is 2.11. The Hall–Kier alpha value is -0.0800. The summed E-state index contributed by atoms with van der Waals surface area (Å²) in [5.41, 5.74) is 0. The molecule has 1 aliphatic rings. The lowest BCUT2D eigenvalue weighted by Crippen LogP contribution is -2.28. The zero-order valence-electron chi connectivity index (χ0n) is 10.1. The lowest BCUT2D eigenvalue weighted by molar-refractivity contribution is 0.268. The van der Waals surface area contributed by atoms with Crippen molar-refractivity contribution in [3.8, 4) is 0 Å². The molecule has 2 nitrogen and oxygen atoms in total. The first-order valence-corrected chi connectivity index (χ1v) is 6.11. The van der Waals surface area contributed by atoms with Gasteiger partial charge >= 0.3 is 0 Å². The Morgan fingerprint density at radius 2 is 2.00 bits per heavy atom. The number of nitrogens with zero attached hydrogens (tertiary/aromatic N) is 1. The molecule has 0 heterocycles. The van der Waals surface area contributed by atoms with E-state index in [2.05, 4.69) is 31.1 Å². The van der Waals surface area contributed by atoms with Gasteiger partial charge in [-0.2, -0.15) is 0 Å². The first-order valence-electron chi connectivity index (χ1n) is 6.11. The molecule has 0 unspecified atom stereocenters. The highest BCUT2D eigenvalue weighted by atomic mass is 15.1. The molecule has 0 radical (unpaired) electrons. The Kier molecular flexibility index (Phi) is 5.49. The van der Waals surface area contributed by atoms with Crippen molar-refractivity contribution in [2.75, 3.05) is 26.7 Å². The van der Waals surface area contributed by atoms with Crippen LogP contribution >= 0.6 is 0 Å². The fraction of sp³-hybridized carbons (Fsp3) is 1.00. The number of rotatable bonds is 8. The van der Waals surface area contributed by atoms with Gasteiger partial charge in [-0.15, -0.1) is 0 Å². The van der Waals surface area contributed by atoms with E-state index in [0.717, 1.165) is 5.92 Å². The Morgan fingerprint density at radius 3 is 2.57 bits per heavy atom. The number of hydrogen-bond donors (Lipinski definition) is 1. The van der Waals surface area contributed by atoms with Crippen molar-refractivity contribution in [1.29, 1.82) is 0 Å². The average molecular weight is 198 g/mol. The van der Waals surface area contributed by atoms with Crippen LogP contribution < -0.4 is 5.32 Å². The molecule has 1 rings (SSSR count). The van der Waals surface area contributed by atoms with E-state index >= 15 is 0 Å². The maximum Gasteiger partial charge on any atom is 0.00355 e. The van der Waals surface area contributed by atoms with Gasteiger partial charge in [0.1, 0.15) is 0 Å². The second-order valence-corrected chi connectivity index (χ2v) is 4.93. The summed E-state index contributed by atoms with van der Waals surface area (Å²) in [5, 5.41) is 3.53. The van der Waals surface area contributed by atoms with Gasteiger partial charge in [-0.3, -0.25) is 0 Å². The summed E-state index contributed by atoms with van der Waals surface area (Å²) in [4.78, 5) is 2.42. The van der Waals surface area contributed by atoms with Crippen LogP contribution in [0.1, 0.15) is 39.5 Å². The van der Waals surface area contributed by atoms with E-state index < -0.39 is 0 Å². The summed E-state index contributed by atoms with van der Waals surface area (Å²) < 4.78 is 0. The third-order valence-corrected chi connectivity index (χ3v) is 3.13. The van der Waals surface area contributed by atoms with Gasteiger partial charge in [-0.05, 0) is 72.1 Å². The van der Waals surface area contributed by atoms with Crippen LogP contribution in [0.3, 0.4) is 0 Å². The van der Waals surface area contributed by atoms with Crippen LogP contribution in [0.5, 0.6) is 0 Å². The third-order valence-electron chi connectivity index (χ3n) is 3.13. The van der Waals surface area contributed by atoms with Crippen LogP contribution in [0, 0.1) is 5.92 Å². The van der Waals surface area contributed by atoms with Gasteiger partial charge in [-0.25, -0.2) is 0 Å². The maximum atomic E-state index is 3.53. The summed E-state index contributed by atoms with van der Waals surface area (Å²) >= 11 is 0. The monoisotopic (exact) mass is 198 g/mol. The first kappa shape index (κ1) is 12.0. The molecule has 2 heteroatoms. The minimum Gasteiger partial charge on any atom is -0.316 e. The van der Waals surface area contributed by atoms with Crippen LogP contribution in [0.25, 0.3) is 0 Å². The van der Waals surface area contributed by atoms with E-state index in [1.165, 1.54) is 45.3 Å². The molecule has 0 spiro atoms. The van der Waals surface area contributed by atoms with Gasteiger partial charge in [0.2, 0.25) is 0 Å². The summed E-state index contributed by atoms with van der Waals surface area (Å²) in [5.74, 6) is 1.02. The molecular weight excluding hydrogens is 172 g/mol. The fourth-order valence-electron chi connectivity index (χ4n) is 1.50. The highest BCUT2D eigenvalue weighted by Crippen LogP contribution is 2.27. The second kappa shape index (κ2) is 6.41. The Morgan fingerprint density at radius 1 is 1.29 bits per heavy atom.